The molecule has 0 saturated carbocycles. The summed E-state index contributed by atoms with van der Waals surface area (Å²) in [5, 5.41) is 15.3. The Morgan fingerprint density at radius 3 is 2.70 bits per heavy atom. The van der Waals surface area contributed by atoms with Crippen molar-refractivity contribution in [3.8, 4) is 0 Å². The van der Waals surface area contributed by atoms with Crippen LogP contribution in [-0.2, 0) is 6.54 Å². The first-order valence-electron chi connectivity index (χ1n) is 9.21. The zero-order valence-corrected chi connectivity index (χ0v) is 15.6. The first-order chi connectivity index (χ1) is 12.9. The molecule has 2 aromatic rings. The van der Waals surface area contributed by atoms with Crippen molar-refractivity contribution in [2.24, 2.45) is 0 Å². The molecule has 1 amide bonds. The number of carbonyl (C=O) groups excluding carboxylic acids is 1. The predicted octanol–water partition coefficient (Wildman–Crippen LogP) is 0.681. The summed E-state index contributed by atoms with van der Waals surface area (Å²) in [5.74, 6) is -1.04. The molecule has 27 heavy (non-hydrogen) atoms. The van der Waals surface area contributed by atoms with Crippen LogP contribution in [0, 0.1) is 5.82 Å². The number of fused-ring (bicyclic) bond motifs is 1. The van der Waals surface area contributed by atoms with Crippen LogP contribution in [0.5, 0.6) is 0 Å². The molecule has 1 aromatic carbocycles. The van der Waals surface area contributed by atoms with Crippen molar-refractivity contribution in [1.82, 2.24) is 15.2 Å². The number of rotatable bonds is 5. The molecule has 1 atom stereocenters. The highest BCUT2D eigenvalue weighted by Gasteiger charge is 2.20. The van der Waals surface area contributed by atoms with Gasteiger partial charge in [-0.2, -0.15) is 0 Å². The summed E-state index contributed by atoms with van der Waals surface area (Å²) < 4.78 is 16.5. The number of aromatic nitrogens is 1. The fraction of sp³-hybridized carbons (Fsp3) is 0.474. The lowest BCUT2D eigenvalue weighted by Gasteiger charge is -2.30. The van der Waals surface area contributed by atoms with Crippen molar-refractivity contribution < 1.29 is 14.3 Å². The molecular formula is C19H25FN4O3. The van der Waals surface area contributed by atoms with E-state index in [1.165, 1.54) is 19.2 Å². The molecule has 1 saturated heterocycles. The van der Waals surface area contributed by atoms with E-state index < -0.39 is 23.3 Å². The second-order valence-corrected chi connectivity index (χ2v) is 6.77. The number of amides is 1. The number of piperazine rings is 1. The van der Waals surface area contributed by atoms with Gasteiger partial charge in [0.1, 0.15) is 11.4 Å². The summed E-state index contributed by atoms with van der Waals surface area (Å²) in [4.78, 5) is 27.1. The quantitative estimate of drug-likeness (QED) is 0.715. The predicted molar refractivity (Wildman–Crippen MR) is 103 cm³/mol. The van der Waals surface area contributed by atoms with Crippen LogP contribution < -0.4 is 21.0 Å². The molecule has 0 unspecified atom stereocenters. The number of benzene rings is 1. The summed E-state index contributed by atoms with van der Waals surface area (Å²) in [6.07, 6.45) is 0.781. The summed E-state index contributed by atoms with van der Waals surface area (Å²) in [6, 6.07) is 2.92. The Hall–Kier alpha value is -2.45. The van der Waals surface area contributed by atoms with Gasteiger partial charge in [-0.15, -0.1) is 0 Å². The van der Waals surface area contributed by atoms with Crippen LogP contribution in [0.2, 0.25) is 0 Å². The fourth-order valence-electron chi connectivity index (χ4n) is 3.31. The number of nitrogens with one attached hydrogen (secondary N) is 2. The van der Waals surface area contributed by atoms with Gasteiger partial charge in [0.15, 0.2) is 0 Å². The van der Waals surface area contributed by atoms with Crippen molar-refractivity contribution in [3.05, 3.63) is 39.9 Å². The number of carbonyl (C=O) groups is 1. The molecule has 1 aromatic heterocycles. The molecular weight excluding hydrogens is 351 g/mol. The third-order valence-corrected chi connectivity index (χ3v) is 4.75. The van der Waals surface area contributed by atoms with Crippen LogP contribution in [0.15, 0.2) is 23.1 Å². The van der Waals surface area contributed by atoms with Crippen LogP contribution >= 0.6 is 0 Å². The molecule has 0 bridgehead atoms. The van der Waals surface area contributed by atoms with Crippen LogP contribution in [-0.4, -0.2) is 54.4 Å². The van der Waals surface area contributed by atoms with E-state index in [1.807, 2.05) is 11.8 Å². The van der Waals surface area contributed by atoms with Crippen molar-refractivity contribution in [1.29, 1.82) is 0 Å². The number of anilines is 1. The second-order valence-electron chi connectivity index (χ2n) is 6.77. The Balaban J connectivity index is 2.09. The molecule has 0 aliphatic carbocycles. The zero-order valence-electron chi connectivity index (χ0n) is 15.6. The van der Waals surface area contributed by atoms with Gasteiger partial charge < -0.3 is 25.2 Å². The maximum Gasteiger partial charge on any atom is 0.256 e. The Bertz CT molecular complexity index is 904. The second kappa shape index (κ2) is 8.06. The average molecular weight is 376 g/mol. The Morgan fingerprint density at radius 1 is 1.37 bits per heavy atom. The first-order valence-corrected chi connectivity index (χ1v) is 9.21. The van der Waals surface area contributed by atoms with E-state index >= 15 is 0 Å². The van der Waals surface area contributed by atoms with Gasteiger partial charge >= 0.3 is 0 Å². The van der Waals surface area contributed by atoms with Gasteiger partial charge in [-0.3, -0.25) is 9.59 Å². The van der Waals surface area contributed by atoms with Gasteiger partial charge in [0.25, 0.3) is 5.91 Å². The van der Waals surface area contributed by atoms with Gasteiger partial charge in [0.2, 0.25) is 5.43 Å². The van der Waals surface area contributed by atoms with Crippen molar-refractivity contribution in [2.45, 2.75) is 26.5 Å². The van der Waals surface area contributed by atoms with Crippen molar-refractivity contribution in [3.63, 3.8) is 0 Å². The lowest BCUT2D eigenvalue weighted by Crippen LogP contribution is -2.44. The molecule has 1 fully saturated rings. The SMILES string of the molecule is CCn1cc(C(=O)NC[C@H](C)O)c(=O)c2cc(F)c(N3CCNCC3)cc21. The number of pyridine rings is 1. The number of hydrogen-bond acceptors (Lipinski definition) is 5. The van der Waals surface area contributed by atoms with E-state index in [2.05, 4.69) is 10.6 Å². The number of halogens is 1. The van der Waals surface area contributed by atoms with Gasteiger partial charge in [-0.25, -0.2) is 4.39 Å². The largest absolute Gasteiger partial charge is 0.392 e. The third-order valence-electron chi connectivity index (χ3n) is 4.75. The van der Waals surface area contributed by atoms with E-state index in [4.69, 9.17) is 0 Å². The van der Waals surface area contributed by atoms with E-state index in [0.717, 1.165) is 13.1 Å². The van der Waals surface area contributed by atoms with Gasteiger partial charge in [-0.1, -0.05) is 0 Å². The van der Waals surface area contributed by atoms with Gasteiger partial charge in [0, 0.05) is 50.9 Å². The Morgan fingerprint density at radius 2 is 2.07 bits per heavy atom. The normalized spacial score (nSPS) is 15.8. The van der Waals surface area contributed by atoms with Crippen LogP contribution in [0.1, 0.15) is 24.2 Å². The summed E-state index contributed by atoms with van der Waals surface area (Å²) >= 11 is 0. The van der Waals surface area contributed by atoms with E-state index in [-0.39, 0.29) is 17.5 Å². The average Bonchev–Trinajstić information content (AvgIpc) is 2.67. The smallest absolute Gasteiger partial charge is 0.256 e. The molecule has 0 radical (unpaired) electrons. The molecule has 8 heteroatoms. The maximum absolute atomic E-state index is 14.8. The first kappa shape index (κ1) is 19.3. The molecule has 7 nitrogen and oxygen atoms in total. The Labute approximate surface area is 156 Å². The highest BCUT2D eigenvalue weighted by Crippen LogP contribution is 2.25. The van der Waals surface area contributed by atoms with Crippen molar-refractivity contribution in [2.75, 3.05) is 37.6 Å². The monoisotopic (exact) mass is 376 g/mol. The van der Waals surface area contributed by atoms with Crippen molar-refractivity contribution >= 4 is 22.5 Å². The molecule has 3 N–H and O–H groups in total. The lowest BCUT2D eigenvalue weighted by atomic mass is 10.1. The minimum Gasteiger partial charge on any atom is -0.392 e. The zero-order chi connectivity index (χ0) is 19.6. The van der Waals surface area contributed by atoms with E-state index in [9.17, 15) is 19.1 Å². The van der Waals surface area contributed by atoms with Crippen LogP contribution in [0.25, 0.3) is 10.9 Å². The molecule has 1 aliphatic heterocycles. The van der Waals surface area contributed by atoms with E-state index in [1.54, 1.807) is 10.6 Å². The Kier molecular flexibility index (Phi) is 5.76. The number of hydrogen-bond donors (Lipinski definition) is 3. The third kappa shape index (κ3) is 3.96. The molecule has 0 spiro atoms. The number of nitrogens with zero attached hydrogens (tertiary/aromatic N) is 2. The van der Waals surface area contributed by atoms with Gasteiger partial charge in [-0.05, 0) is 26.0 Å². The fourth-order valence-corrected chi connectivity index (χ4v) is 3.31. The topological polar surface area (TPSA) is 86.6 Å². The minimum atomic E-state index is -0.721. The number of aryl methyl sites for hydroxylation is 1. The molecule has 146 valence electrons. The minimum absolute atomic E-state index is 0.0404. The summed E-state index contributed by atoms with van der Waals surface area (Å²) in [7, 11) is 0. The van der Waals surface area contributed by atoms with Gasteiger partial charge in [0.05, 0.1) is 17.3 Å². The lowest BCUT2D eigenvalue weighted by molar-refractivity contribution is 0.0922. The molecule has 3 rings (SSSR count). The molecule has 2 heterocycles. The highest BCUT2D eigenvalue weighted by molar-refractivity contribution is 5.97. The van der Waals surface area contributed by atoms with Crippen LogP contribution in [0.3, 0.4) is 0 Å². The maximum atomic E-state index is 14.8. The number of aliphatic hydroxyl groups is 1. The standard InChI is InChI=1S/C19H25FN4O3/c1-3-23-11-14(19(27)22-10-12(2)25)18(26)13-8-15(20)17(9-16(13)23)24-6-4-21-5-7-24/h8-9,11-12,21,25H,3-7,10H2,1-2H3,(H,22,27)/t12-/m0/s1. The highest BCUT2D eigenvalue weighted by atomic mass is 19.1. The summed E-state index contributed by atoms with van der Waals surface area (Å²) in [5.41, 5.74) is 0.504. The summed E-state index contributed by atoms with van der Waals surface area (Å²) in [6.45, 7) is 6.95. The van der Waals surface area contributed by atoms with Crippen LogP contribution in [0.4, 0.5) is 10.1 Å². The number of aliphatic hydroxyl groups excluding tert-OH is 1. The molecule has 1 aliphatic rings. The van der Waals surface area contributed by atoms with E-state index in [0.29, 0.717) is 30.8 Å².